The van der Waals surface area contributed by atoms with Crippen LogP contribution in [-0.2, 0) is 0 Å². The van der Waals surface area contributed by atoms with Crippen LogP contribution in [0.15, 0.2) is 24.3 Å². The summed E-state index contributed by atoms with van der Waals surface area (Å²) in [5.74, 6) is 0.313. The smallest absolute Gasteiger partial charge is 0.123 e. The number of hydrogen-bond acceptors (Lipinski definition) is 1. The third-order valence-corrected chi connectivity index (χ3v) is 3.68. The van der Waals surface area contributed by atoms with Gasteiger partial charge in [-0.05, 0) is 37.1 Å². The molecular formula is C17H28FN. The van der Waals surface area contributed by atoms with Crippen molar-refractivity contribution in [1.29, 1.82) is 0 Å². The van der Waals surface area contributed by atoms with Crippen LogP contribution in [0.5, 0.6) is 0 Å². The van der Waals surface area contributed by atoms with Crippen LogP contribution in [0.25, 0.3) is 0 Å². The van der Waals surface area contributed by atoms with Gasteiger partial charge < -0.3 is 5.32 Å². The van der Waals surface area contributed by atoms with Crippen LogP contribution < -0.4 is 5.32 Å². The standard InChI is InChI=1S/C17H28FN/c1-3-4-5-6-7-8-10-16(14-19-2)15-11-9-12-17(18)13-15/h9,11-13,16,19H,3-8,10,14H2,1-2H3. The van der Waals surface area contributed by atoms with E-state index < -0.39 is 0 Å². The van der Waals surface area contributed by atoms with E-state index in [1.807, 2.05) is 19.2 Å². The molecule has 0 aromatic heterocycles. The van der Waals surface area contributed by atoms with Gasteiger partial charge in [-0.25, -0.2) is 4.39 Å². The Kier molecular flexibility index (Phi) is 8.48. The zero-order valence-corrected chi connectivity index (χ0v) is 12.4. The fourth-order valence-electron chi connectivity index (χ4n) is 2.56. The van der Waals surface area contributed by atoms with Crippen molar-refractivity contribution >= 4 is 0 Å². The SMILES string of the molecule is CCCCCCCCC(CNC)c1cccc(F)c1. The van der Waals surface area contributed by atoms with Crippen molar-refractivity contribution in [2.75, 3.05) is 13.6 Å². The maximum absolute atomic E-state index is 13.3. The van der Waals surface area contributed by atoms with Crippen molar-refractivity contribution in [2.45, 2.75) is 57.8 Å². The third kappa shape index (κ3) is 6.72. The summed E-state index contributed by atoms with van der Waals surface area (Å²) in [7, 11) is 1.97. The van der Waals surface area contributed by atoms with Crippen LogP contribution in [0.1, 0.15) is 63.4 Å². The summed E-state index contributed by atoms with van der Waals surface area (Å²) in [6.45, 7) is 3.17. The molecule has 0 fully saturated rings. The normalized spacial score (nSPS) is 12.6. The molecule has 1 nitrogen and oxygen atoms in total. The van der Waals surface area contributed by atoms with Gasteiger partial charge in [0.1, 0.15) is 5.82 Å². The van der Waals surface area contributed by atoms with Gasteiger partial charge in [0, 0.05) is 6.54 Å². The summed E-state index contributed by atoms with van der Waals surface area (Å²) >= 11 is 0. The molecule has 0 aliphatic carbocycles. The molecule has 0 aliphatic heterocycles. The summed E-state index contributed by atoms with van der Waals surface area (Å²) in [5.41, 5.74) is 1.13. The van der Waals surface area contributed by atoms with Crippen LogP contribution in [0, 0.1) is 5.82 Å². The molecule has 0 spiro atoms. The molecular weight excluding hydrogens is 237 g/mol. The predicted molar refractivity (Wildman–Crippen MR) is 81.1 cm³/mol. The van der Waals surface area contributed by atoms with Crippen molar-refractivity contribution in [3.63, 3.8) is 0 Å². The van der Waals surface area contributed by atoms with E-state index in [2.05, 4.69) is 12.2 Å². The highest BCUT2D eigenvalue weighted by atomic mass is 19.1. The van der Waals surface area contributed by atoms with Gasteiger partial charge in [-0.3, -0.25) is 0 Å². The number of likely N-dealkylation sites (N-methyl/N-ethyl adjacent to an activating group) is 1. The first-order valence-corrected chi connectivity index (χ1v) is 7.68. The Labute approximate surface area is 117 Å². The van der Waals surface area contributed by atoms with Crippen LogP contribution in [-0.4, -0.2) is 13.6 Å². The molecule has 0 saturated carbocycles. The van der Waals surface area contributed by atoms with Crippen molar-refractivity contribution < 1.29 is 4.39 Å². The molecule has 2 heteroatoms. The fourth-order valence-corrected chi connectivity index (χ4v) is 2.56. The quantitative estimate of drug-likeness (QED) is 0.595. The molecule has 1 N–H and O–H groups in total. The Hall–Kier alpha value is -0.890. The molecule has 0 bridgehead atoms. The van der Waals surface area contributed by atoms with Crippen LogP contribution in [0.4, 0.5) is 4.39 Å². The average Bonchev–Trinajstić information content (AvgIpc) is 2.41. The van der Waals surface area contributed by atoms with E-state index in [-0.39, 0.29) is 5.82 Å². The molecule has 0 heterocycles. The van der Waals surface area contributed by atoms with Crippen molar-refractivity contribution in [1.82, 2.24) is 5.32 Å². The summed E-state index contributed by atoms with van der Waals surface area (Å²) in [6.07, 6.45) is 9.03. The second-order valence-corrected chi connectivity index (χ2v) is 5.37. The first-order chi connectivity index (χ1) is 9.27. The minimum atomic E-state index is -0.124. The van der Waals surface area contributed by atoms with Gasteiger partial charge in [0.05, 0.1) is 0 Å². The topological polar surface area (TPSA) is 12.0 Å². The Balaban J connectivity index is 2.36. The van der Waals surface area contributed by atoms with Crippen molar-refractivity contribution in [3.05, 3.63) is 35.6 Å². The lowest BCUT2D eigenvalue weighted by Crippen LogP contribution is -2.17. The van der Waals surface area contributed by atoms with Crippen molar-refractivity contribution in [3.8, 4) is 0 Å². The van der Waals surface area contributed by atoms with E-state index in [0.717, 1.165) is 18.5 Å². The number of nitrogens with one attached hydrogen (secondary N) is 1. The number of benzene rings is 1. The minimum Gasteiger partial charge on any atom is -0.319 e. The molecule has 1 unspecified atom stereocenters. The van der Waals surface area contributed by atoms with Gasteiger partial charge in [-0.2, -0.15) is 0 Å². The first kappa shape index (κ1) is 16.2. The maximum atomic E-state index is 13.3. The molecule has 0 radical (unpaired) electrons. The minimum absolute atomic E-state index is 0.124. The summed E-state index contributed by atoms with van der Waals surface area (Å²) in [4.78, 5) is 0. The lowest BCUT2D eigenvalue weighted by Gasteiger charge is -2.17. The summed E-state index contributed by atoms with van der Waals surface area (Å²) in [6, 6.07) is 7.06. The highest BCUT2D eigenvalue weighted by Crippen LogP contribution is 2.23. The second kappa shape index (κ2) is 9.96. The van der Waals surface area contributed by atoms with E-state index in [4.69, 9.17) is 0 Å². The highest BCUT2D eigenvalue weighted by molar-refractivity contribution is 5.21. The molecule has 19 heavy (non-hydrogen) atoms. The molecule has 108 valence electrons. The number of unbranched alkanes of at least 4 members (excludes halogenated alkanes) is 5. The first-order valence-electron chi connectivity index (χ1n) is 7.68. The molecule has 0 saturated heterocycles. The van der Waals surface area contributed by atoms with Gasteiger partial charge in [-0.1, -0.05) is 57.6 Å². The van der Waals surface area contributed by atoms with Gasteiger partial charge >= 0.3 is 0 Å². The number of halogens is 1. The monoisotopic (exact) mass is 265 g/mol. The predicted octanol–water partition coefficient (Wildman–Crippen LogP) is 4.88. The largest absolute Gasteiger partial charge is 0.319 e. The van der Waals surface area contributed by atoms with E-state index in [9.17, 15) is 4.39 Å². The third-order valence-electron chi connectivity index (χ3n) is 3.68. The molecule has 1 aromatic carbocycles. The average molecular weight is 265 g/mol. The zero-order chi connectivity index (χ0) is 13.9. The maximum Gasteiger partial charge on any atom is 0.123 e. The van der Waals surface area contributed by atoms with E-state index in [1.165, 1.54) is 44.6 Å². The molecule has 0 amide bonds. The second-order valence-electron chi connectivity index (χ2n) is 5.37. The summed E-state index contributed by atoms with van der Waals surface area (Å²) < 4.78 is 13.3. The molecule has 1 atom stereocenters. The lowest BCUT2D eigenvalue weighted by molar-refractivity contribution is 0.519. The van der Waals surface area contributed by atoms with E-state index >= 15 is 0 Å². The number of rotatable bonds is 10. The summed E-state index contributed by atoms with van der Waals surface area (Å²) in [5, 5.41) is 3.22. The molecule has 1 aromatic rings. The zero-order valence-electron chi connectivity index (χ0n) is 12.4. The van der Waals surface area contributed by atoms with E-state index in [1.54, 1.807) is 6.07 Å². The Morgan fingerprint density at radius 2 is 1.84 bits per heavy atom. The molecule has 0 aliphatic rings. The van der Waals surface area contributed by atoms with Gasteiger partial charge in [0.25, 0.3) is 0 Å². The fraction of sp³-hybridized carbons (Fsp3) is 0.647. The van der Waals surface area contributed by atoms with Crippen LogP contribution >= 0.6 is 0 Å². The number of hydrogen-bond donors (Lipinski definition) is 1. The lowest BCUT2D eigenvalue weighted by atomic mass is 9.92. The Morgan fingerprint density at radius 1 is 1.11 bits per heavy atom. The van der Waals surface area contributed by atoms with Crippen LogP contribution in [0.3, 0.4) is 0 Å². The van der Waals surface area contributed by atoms with Crippen molar-refractivity contribution in [2.24, 2.45) is 0 Å². The van der Waals surface area contributed by atoms with Gasteiger partial charge in [0.2, 0.25) is 0 Å². The Bertz CT molecular complexity index is 338. The van der Waals surface area contributed by atoms with Gasteiger partial charge in [0.15, 0.2) is 0 Å². The Morgan fingerprint density at radius 3 is 2.53 bits per heavy atom. The van der Waals surface area contributed by atoms with Gasteiger partial charge in [-0.15, -0.1) is 0 Å². The van der Waals surface area contributed by atoms with E-state index in [0.29, 0.717) is 5.92 Å². The molecule has 1 rings (SSSR count). The highest BCUT2D eigenvalue weighted by Gasteiger charge is 2.10. The van der Waals surface area contributed by atoms with Crippen LogP contribution in [0.2, 0.25) is 0 Å².